The lowest BCUT2D eigenvalue weighted by atomic mass is 10.2. The molecule has 0 aliphatic heterocycles. The molecule has 1 aromatic heterocycles. The van der Waals surface area contributed by atoms with Crippen LogP contribution in [0.5, 0.6) is 0 Å². The van der Waals surface area contributed by atoms with Crippen LogP contribution in [0.15, 0.2) is 42.7 Å². The topological polar surface area (TPSA) is 30.9 Å². The largest absolute Gasteiger partial charge is 0.350 e. The number of halogens is 1. The standard InChI is InChI=1S/C13H15ClN2/c1-10(15)12-5-6-16(9-12)8-11-3-2-4-13(14)7-11/h2-7,9-10H,8,15H2,1H3. The van der Waals surface area contributed by atoms with Gasteiger partial charge in [0, 0.05) is 30.0 Å². The van der Waals surface area contributed by atoms with Gasteiger partial charge < -0.3 is 10.3 Å². The predicted octanol–water partition coefficient (Wildman–Crippen LogP) is 3.21. The highest BCUT2D eigenvalue weighted by atomic mass is 35.5. The van der Waals surface area contributed by atoms with Gasteiger partial charge in [0.15, 0.2) is 0 Å². The first kappa shape index (κ1) is 11.2. The molecule has 0 aliphatic carbocycles. The maximum atomic E-state index is 5.94. The smallest absolute Gasteiger partial charge is 0.0470 e. The Morgan fingerprint density at radius 3 is 2.81 bits per heavy atom. The number of aromatic nitrogens is 1. The van der Waals surface area contributed by atoms with E-state index >= 15 is 0 Å². The third-order valence-electron chi connectivity index (χ3n) is 2.55. The summed E-state index contributed by atoms with van der Waals surface area (Å²) >= 11 is 5.94. The molecule has 0 saturated heterocycles. The molecular weight excluding hydrogens is 220 g/mol. The zero-order valence-electron chi connectivity index (χ0n) is 9.23. The minimum Gasteiger partial charge on any atom is -0.350 e. The minimum absolute atomic E-state index is 0.0839. The van der Waals surface area contributed by atoms with E-state index in [1.54, 1.807) is 0 Å². The molecule has 1 atom stereocenters. The first-order chi connectivity index (χ1) is 7.65. The quantitative estimate of drug-likeness (QED) is 0.869. The molecule has 0 bridgehead atoms. The molecule has 2 nitrogen and oxygen atoms in total. The zero-order chi connectivity index (χ0) is 11.5. The summed E-state index contributed by atoms with van der Waals surface area (Å²) in [5.41, 5.74) is 8.16. The Balaban J connectivity index is 2.14. The Labute approximate surface area is 101 Å². The van der Waals surface area contributed by atoms with Gasteiger partial charge in [0.25, 0.3) is 0 Å². The van der Waals surface area contributed by atoms with Crippen molar-refractivity contribution in [2.75, 3.05) is 0 Å². The van der Waals surface area contributed by atoms with Crippen molar-refractivity contribution < 1.29 is 0 Å². The predicted molar refractivity (Wildman–Crippen MR) is 67.6 cm³/mol. The van der Waals surface area contributed by atoms with Crippen molar-refractivity contribution in [1.82, 2.24) is 4.57 Å². The molecule has 1 unspecified atom stereocenters. The molecule has 2 N–H and O–H groups in total. The van der Waals surface area contributed by atoms with Crippen molar-refractivity contribution in [3.05, 3.63) is 58.9 Å². The summed E-state index contributed by atoms with van der Waals surface area (Å²) in [4.78, 5) is 0. The Morgan fingerprint density at radius 1 is 1.38 bits per heavy atom. The van der Waals surface area contributed by atoms with Gasteiger partial charge in [-0.3, -0.25) is 0 Å². The number of rotatable bonds is 3. The summed E-state index contributed by atoms with van der Waals surface area (Å²) in [6, 6.07) is 10.0. The van der Waals surface area contributed by atoms with Crippen molar-refractivity contribution in [3.63, 3.8) is 0 Å². The third kappa shape index (κ3) is 2.65. The summed E-state index contributed by atoms with van der Waals surface area (Å²) in [6.45, 7) is 2.81. The Hall–Kier alpha value is -1.25. The van der Waals surface area contributed by atoms with Crippen LogP contribution in [-0.4, -0.2) is 4.57 Å². The van der Waals surface area contributed by atoms with Gasteiger partial charge in [0.05, 0.1) is 0 Å². The molecule has 16 heavy (non-hydrogen) atoms. The molecule has 0 spiro atoms. The fourth-order valence-corrected chi connectivity index (χ4v) is 1.89. The first-order valence-electron chi connectivity index (χ1n) is 5.31. The van der Waals surface area contributed by atoms with Crippen molar-refractivity contribution in [1.29, 1.82) is 0 Å². The van der Waals surface area contributed by atoms with Crippen LogP contribution in [0.4, 0.5) is 0 Å². The molecule has 0 fully saturated rings. The Kier molecular flexibility index (Phi) is 3.32. The molecule has 1 heterocycles. The van der Waals surface area contributed by atoms with Gasteiger partial charge in [-0.15, -0.1) is 0 Å². The summed E-state index contributed by atoms with van der Waals surface area (Å²) in [6.07, 6.45) is 4.12. The molecular formula is C13H15ClN2. The van der Waals surface area contributed by atoms with E-state index in [9.17, 15) is 0 Å². The average Bonchev–Trinajstić information content (AvgIpc) is 2.66. The Morgan fingerprint density at radius 2 is 2.19 bits per heavy atom. The first-order valence-corrected chi connectivity index (χ1v) is 5.68. The third-order valence-corrected chi connectivity index (χ3v) is 2.79. The fraction of sp³-hybridized carbons (Fsp3) is 0.231. The van der Waals surface area contributed by atoms with Crippen LogP contribution >= 0.6 is 11.6 Å². The number of benzene rings is 1. The van der Waals surface area contributed by atoms with Gasteiger partial charge in [-0.2, -0.15) is 0 Å². The van der Waals surface area contributed by atoms with E-state index < -0.39 is 0 Å². The van der Waals surface area contributed by atoms with Crippen molar-refractivity contribution in [2.45, 2.75) is 19.5 Å². The molecule has 0 radical (unpaired) electrons. The molecule has 0 saturated carbocycles. The second kappa shape index (κ2) is 4.73. The summed E-state index contributed by atoms with van der Waals surface area (Å²) < 4.78 is 2.12. The summed E-state index contributed by atoms with van der Waals surface area (Å²) in [5, 5.41) is 0.775. The molecule has 84 valence electrons. The number of nitrogens with zero attached hydrogens (tertiary/aromatic N) is 1. The monoisotopic (exact) mass is 234 g/mol. The summed E-state index contributed by atoms with van der Waals surface area (Å²) in [5.74, 6) is 0. The van der Waals surface area contributed by atoms with E-state index in [0.29, 0.717) is 0 Å². The Bertz CT molecular complexity index is 474. The molecule has 0 amide bonds. The van der Waals surface area contributed by atoms with Gasteiger partial charge >= 0.3 is 0 Å². The average molecular weight is 235 g/mol. The maximum absolute atomic E-state index is 5.94. The van der Waals surface area contributed by atoms with Gasteiger partial charge in [-0.1, -0.05) is 23.7 Å². The van der Waals surface area contributed by atoms with Crippen LogP contribution in [0.3, 0.4) is 0 Å². The lowest BCUT2D eigenvalue weighted by Crippen LogP contribution is -2.03. The van der Waals surface area contributed by atoms with E-state index in [-0.39, 0.29) is 6.04 Å². The van der Waals surface area contributed by atoms with Crippen molar-refractivity contribution in [2.24, 2.45) is 5.73 Å². The highest BCUT2D eigenvalue weighted by Crippen LogP contribution is 2.14. The van der Waals surface area contributed by atoms with Crippen molar-refractivity contribution in [3.8, 4) is 0 Å². The van der Waals surface area contributed by atoms with E-state index in [2.05, 4.69) is 22.9 Å². The molecule has 2 aromatic rings. The zero-order valence-corrected chi connectivity index (χ0v) is 9.98. The molecule has 2 rings (SSSR count). The second-order valence-corrected chi connectivity index (χ2v) is 4.47. The normalized spacial score (nSPS) is 12.7. The van der Waals surface area contributed by atoms with Crippen LogP contribution in [0.2, 0.25) is 5.02 Å². The molecule has 3 heteroatoms. The minimum atomic E-state index is 0.0839. The fourth-order valence-electron chi connectivity index (χ4n) is 1.67. The van der Waals surface area contributed by atoms with Crippen LogP contribution in [-0.2, 0) is 6.54 Å². The van der Waals surface area contributed by atoms with Crippen LogP contribution in [0.1, 0.15) is 24.1 Å². The van der Waals surface area contributed by atoms with Crippen LogP contribution in [0, 0.1) is 0 Å². The van der Waals surface area contributed by atoms with E-state index in [4.69, 9.17) is 17.3 Å². The number of hydrogen-bond acceptors (Lipinski definition) is 1. The highest BCUT2D eigenvalue weighted by molar-refractivity contribution is 6.30. The molecule has 1 aromatic carbocycles. The van der Waals surface area contributed by atoms with Gasteiger partial charge in [0.1, 0.15) is 0 Å². The van der Waals surface area contributed by atoms with Gasteiger partial charge in [0.2, 0.25) is 0 Å². The SMILES string of the molecule is CC(N)c1ccn(Cc2cccc(Cl)c2)c1. The van der Waals surface area contributed by atoms with Crippen LogP contribution in [0.25, 0.3) is 0 Å². The van der Waals surface area contributed by atoms with Crippen molar-refractivity contribution >= 4 is 11.6 Å². The van der Waals surface area contributed by atoms with E-state index in [1.807, 2.05) is 31.3 Å². The second-order valence-electron chi connectivity index (χ2n) is 4.04. The summed E-state index contributed by atoms with van der Waals surface area (Å²) in [7, 11) is 0. The highest BCUT2D eigenvalue weighted by Gasteiger charge is 2.02. The van der Waals surface area contributed by atoms with Gasteiger partial charge in [-0.25, -0.2) is 0 Å². The number of nitrogens with two attached hydrogens (primary N) is 1. The van der Waals surface area contributed by atoms with Crippen LogP contribution < -0.4 is 5.73 Å². The maximum Gasteiger partial charge on any atom is 0.0470 e. The van der Waals surface area contributed by atoms with Gasteiger partial charge in [-0.05, 0) is 36.2 Å². The van der Waals surface area contributed by atoms with E-state index in [0.717, 1.165) is 17.1 Å². The lowest BCUT2D eigenvalue weighted by Gasteiger charge is -2.04. The van der Waals surface area contributed by atoms with E-state index in [1.165, 1.54) is 5.56 Å². The molecule has 0 aliphatic rings. The number of hydrogen-bond donors (Lipinski definition) is 1. The lowest BCUT2D eigenvalue weighted by molar-refractivity contribution is 0.778.